The molecule has 1 aromatic rings. The Kier molecular flexibility index (Phi) is 4.05. The monoisotopic (exact) mass is 281 g/mol. The summed E-state index contributed by atoms with van der Waals surface area (Å²) < 4.78 is 16.7. The average molecular weight is 281 g/mol. The van der Waals surface area contributed by atoms with E-state index in [0.717, 1.165) is 25.2 Å². The van der Waals surface area contributed by atoms with Crippen LogP contribution >= 0.6 is 0 Å². The molecule has 1 N–H and O–H groups in total. The average Bonchev–Trinajstić information content (AvgIpc) is 3.16. The molecule has 2 fully saturated rings. The second kappa shape index (κ2) is 5.79. The summed E-state index contributed by atoms with van der Waals surface area (Å²) >= 11 is 0. The van der Waals surface area contributed by atoms with Crippen molar-refractivity contribution in [2.45, 2.75) is 49.7 Å². The third-order valence-electron chi connectivity index (χ3n) is 4.74. The Hall–Kier alpha value is -0.980. The first-order chi connectivity index (χ1) is 9.79. The number of likely N-dealkylation sites (N-methyl/N-ethyl adjacent to an activating group) is 1. The number of rotatable bonds is 4. The highest BCUT2D eigenvalue weighted by Gasteiger charge is 2.40. The normalized spacial score (nSPS) is 29.7. The smallest absolute Gasteiger partial charge is 0.231 e. The number of ether oxygens (including phenoxy) is 2. The molecule has 1 aromatic heterocycles. The number of methoxy groups -OCH3 is 1. The zero-order valence-corrected chi connectivity index (χ0v) is 12.2. The quantitative estimate of drug-likeness (QED) is 0.903. The highest BCUT2D eigenvalue weighted by atomic mass is 16.5. The second-order valence-electron chi connectivity index (χ2n) is 5.70. The molecule has 1 saturated heterocycles. The molecule has 0 aromatic carbocycles. The summed E-state index contributed by atoms with van der Waals surface area (Å²) in [5.41, 5.74) is -0.437. The van der Waals surface area contributed by atoms with Gasteiger partial charge in [0.2, 0.25) is 11.7 Å². The lowest BCUT2D eigenvalue weighted by molar-refractivity contribution is -0.101. The fourth-order valence-corrected chi connectivity index (χ4v) is 3.39. The predicted octanol–water partition coefficient (Wildman–Crippen LogP) is 1.58. The first kappa shape index (κ1) is 14.0. The van der Waals surface area contributed by atoms with Crippen LogP contribution in [0.15, 0.2) is 4.52 Å². The molecule has 2 unspecified atom stereocenters. The molecular formula is C14H23N3O3. The van der Waals surface area contributed by atoms with Crippen LogP contribution in [0.4, 0.5) is 0 Å². The van der Waals surface area contributed by atoms with Gasteiger partial charge < -0.3 is 19.3 Å². The Balaban J connectivity index is 1.82. The maximum Gasteiger partial charge on any atom is 0.231 e. The van der Waals surface area contributed by atoms with E-state index >= 15 is 0 Å². The molecule has 112 valence electrons. The first-order valence-corrected chi connectivity index (χ1v) is 7.43. The van der Waals surface area contributed by atoms with Gasteiger partial charge in [0.15, 0.2) is 0 Å². The standard InChI is InChI=1S/C14H23N3O3/c1-15-11-5-3-4-10(11)12-16-13(17-20-12)14(18-2)6-8-19-9-7-14/h10-11,15H,3-9H2,1-2H3. The van der Waals surface area contributed by atoms with Gasteiger partial charge in [-0.3, -0.25) is 0 Å². The van der Waals surface area contributed by atoms with Crippen molar-refractivity contribution in [1.82, 2.24) is 15.5 Å². The minimum Gasteiger partial charge on any atom is -0.381 e. The van der Waals surface area contributed by atoms with Crippen LogP contribution in [0.5, 0.6) is 0 Å². The van der Waals surface area contributed by atoms with Gasteiger partial charge in [-0.2, -0.15) is 4.98 Å². The Labute approximate surface area is 119 Å². The molecular weight excluding hydrogens is 258 g/mol. The van der Waals surface area contributed by atoms with Gasteiger partial charge in [-0.1, -0.05) is 11.6 Å². The topological polar surface area (TPSA) is 69.4 Å². The van der Waals surface area contributed by atoms with Crippen LogP contribution in [0.25, 0.3) is 0 Å². The Morgan fingerprint density at radius 1 is 1.30 bits per heavy atom. The van der Waals surface area contributed by atoms with E-state index in [1.807, 2.05) is 7.05 Å². The molecule has 0 radical (unpaired) electrons. The minimum absolute atomic E-state index is 0.329. The maximum atomic E-state index is 5.71. The van der Waals surface area contributed by atoms with Crippen LogP contribution in [-0.2, 0) is 15.1 Å². The van der Waals surface area contributed by atoms with Crippen molar-refractivity contribution in [2.24, 2.45) is 0 Å². The van der Waals surface area contributed by atoms with Crippen LogP contribution in [-0.4, -0.2) is 43.6 Å². The highest BCUT2D eigenvalue weighted by Crippen LogP contribution is 2.37. The van der Waals surface area contributed by atoms with Gasteiger partial charge in [0.25, 0.3) is 0 Å². The molecule has 2 heterocycles. The fourth-order valence-electron chi connectivity index (χ4n) is 3.39. The summed E-state index contributed by atoms with van der Waals surface area (Å²) in [5.74, 6) is 1.76. The Morgan fingerprint density at radius 3 is 2.80 bits per heavy atom. The van der Waals surface area contributed by atoms with Gasteiger partial charge in [-0.15, -0.1) is 0 Å². The van der Waals surface area contributed by atoms with Crippen molar-refractivity contribution in [2.75, 3.05) is 27.4 Å². The molecule has 2 aliphatic rings. The molecule has 3 rings (SSSR count). The van der Waals surface area contributed by atoms with Crippen molar-refractivity contribution in [3.05, 3.63) is 11.7 Å². The number of nitrogens with one attached hydrogen (secondary N) is 1. The van der Waals surface area contributed by atoms with Gasteiger partial charge in [0.1, 0.15) is 5.60 Å². The lowest BCUT2D eigenvalue weighted by Gasteiger charge is -2.32. The molecule has 0 spiro atoms. The lowest BCUT2D eigenvalue weighted by atomic mass is 9.93. The van der Waals surface area contributed by atoms with E-state index < -0.39 is 5.60 Å². The molecule has 6 nitrogen and oxygen atoms in total. The van der Waals surface area contributed by atoms with E-state index in [1.54, 1.807) is 7.11 Å². The second-order valence-corrected chi connectivity index (χ2v) is 5.70. The van der Waals surface area contributed by atoms with Gasteiger partial charge in [-0.25, -0.2) is 0 Å². The number of aromatic nitrogens is 2. The van der Waals surface area contributed by atoms with Crippen LogP contribution in [0.3, 0.4) is 0 Å². The highest BCUT2D eigenvalue weighted by molar-refractivity contribution is 5.08. The molecule has 1 aliphatic carbocycles. The third kappa shape index (κ3) is 2.36. The van der Waals surface area contributed by atoms with E-state index in [-0.39, 0.29) is 0 Å². The summed E-state index contributed by atoms with van der Waals surface area (Å²) in [6.45, 7) is 1.36. The largest absolute Gasteiger partial charge is 0.381 e. The molecule has 0 amide bonds. The summed E-state index contributed by atoms with van der Waals surface area (Å²) in [5, 5.41) is 7.55. The van der Waals surface area contributed by atoms with Gasteiger partial charge >= 0.3 is 0 Å². The Bertz CT molecular complexity index is 443. The number of nitrogens with zero attached hydrogens (tertiary/aromatic N) is 2. The van der Waals surface area contributed by atoms with E-state index in [2.05, 4.69) is 15.5 Å². The van der Waals surface area contributed by atoms with Crippen molar-refractivity contribution >= 4 is 0 Å². The van der Waals surface area contributed by atoms with Crippen molar-refractivity contribution < 1.29 is 14.0 Å². The van der Waals surface area contributed by atoms with Crippen molar-refractivity contribution in [1.29, 1.82) is 0 Å². The van der Waals surface area contributed by atoms with E-state index in [4.69, 9.17) is 14.0 Å². The van der Waals surface area contributed by atoms with Crippen molar-refractivity contribution in [3.63, 3.8) is 0 Å². The molecule has 1 aliphatic heterocycles. The third-order valence-corrected chi connectivity index (χ3v) is 4.74. The Morgan fingerprint density at radius 2 is 2.10 bits per heavy atom. The fraction of sp³-hybridized carbons (Fsp3) is 0.857. The van der Waals surface area contributed by atoms with Crippen LogP contribution < -0.4 is 5.32 Å². The molecule has 0 bridgehead atoms. The lowest BCUT2D eigenvalue weighted by Crippen LogP contribution is -2.36. The van der Waals surface area contributed by atoms with Crippen LogP contribution in [0.2, 0.25) is 0 Å². The SMILES string of the molecule is CNC1CCCC1c1nc(C2(OC)CCOCC2)no1. The van der Waals surface area contributed by atoms with E-state index in [1.165, 1.54) is 12.8 Å². The zero-order chi connectivity index (χ0) is 14.0. The summed E-state index contributed by atoms with van der Waals surface area (Å²) in [6.07, 6.45) is 5.04. The van der Waals surface area contributed by atoms with E-state index in [9.17, 15) is 0 Å². The van der Waals surface area contributed by atoms with Gasteiger partial charge in [0, 0.05) is 39.2 Å². The predicted molar refractivity (Wildman–Crippen MR) is 72.5 cm³/mol. The minimum atomic E-state index is -0.437. The molecule has 20 heavy (non-hydrogen) atoms. The van der Waals surface area contributed by atoms with Crippen molar-refractivity contribution in [3.8, 4) is 0 Å². The summed E-state index contributed by atoms with van der Waals surface area (Å²) in [6, 6.07) is 0.441. The number of hydrogen-bond donors (Lipinski definition) is 1. The first-order valence-electron chi connectivity index (χ1n) is 7.43. The summed E-state index contributed by atoms with van der Waals surface area (Å²) in [4.78, 5) is 4.66. The van der Waals surface area contributed by atoms with Crippen LogP contribution in [0.1, 0.15) is 49.7 Å². The molecule has 1 saturated carbocycles. The molecule has 2 atom stereocenters. The maximum absolute atomic E-state index is 5.71. The summed E-state index contributed by atoms with van der Waals surface area (Å²) in [7, 11) is 3.71. The zero-order valence-electron chi connectivity index (χ0n) is 12.2. The van der Waals surface area contributed by atoms with Gasteiger partial charge in [-0.05, 0) is 19.9 Å². The van der Waals surface area contributed by atoms with Gasteiger partial charge in [0.05, 0.1) is 5.92 Å². The van der Waals surface area contributed by atoms with E-state index in [0.29, 0.717) is 31.0 Å². The van der Waals surface area contributed by atoms with Crippen LogP contribution in [0, 0.1) is 0 Å². The number of hydrogen-bond acceptors (Lipinski definition) is 6. The molecule has 6 heteroatoms.